The van der Waals surface area contributed by atoms with Crippen molar-refractivity contribution in [2.24, 2.45) is 0 Å². The van der Waals surface area contributed by atoms with Crippen molar-refractivity contribution in [3.05, 3.63) is 271 Å². The van der Waals surface area contributed by atoms with Gasteiger partial charge in [-0.25, -0.2) is 0 Å². The van der Waals surface area contributed by atoms with Crippen LogP contribution in [0.4, 0.5) is 17.1 Å². The van der Waals surface area contributed by atoms with Crippen LogP contribution in [0.15, 0.2) is 253 Å². The minimum Gasteiger partial charge on any atom is -0.456 e. The largest absolute Gasteiger partial charge is 0.456 e. The van der Waals surface area contributed by atoms with Crippen molar-refractivity contribution in [3.63, 3.8) is 0 Å². The predicted molar refractivity (Wildman–Crippen MR) is 262 cm³/mol. The second kappa shape index (κ2) is 15.1. The zero-order valence-corrected chi connectivity index (χ0v) is 34.5. The third kappa shape index (κ3) is 6.02. The molecule has 0 radical (unpaired) electrons. The molecule has 0 unspecified atom stereocenters. The van der Waals surface area contributed by atoms with Crippen LogP contribution < -0.4 is 4.90 Å². The molecular formula is C61H41NO. The minimum absolute atomic E-state index is 0.573. The van der Waals surface area contributed by atoms with E-state index in [0.717, 1.165) is 44.6 Å². The van der Waals surface area contributed by atoms with Gasteiger partial charge in [0.1, 0.15) is 11.2 Å². The van der Waals surface area contributed by atoms with Gasteiger partial charge in [-0.3, -0.25) is 0 Å². The molecule has 1 aromatic heterocycles. The normalized spacial score (nSPS) is 12.6. The zero-order valence-electron chi connectivity index (χ0n) is 34.5. The average molecular weight is 804 g/mol. The number of anilines is 3. The molecule has 12 rings (SSSR count). The molecule has 0 spiro atoms. The molecule has 0 bridgehead atoms. The third-order valence-corrected chi connectivity index (χ3v) is 12.9. The molecule has 10 aromatic carbocycles. The zero-order chi connectivity index (χ0) is 41.7. The number of nitrogens with zero attached hydrogens (tertiary/aromatic N) is 1. The van der Waals surface area contributed by atoms with Crippen molar-refractivity contribution in [2.45, 2.75) is 5.41 Å². The van der Waals surface area contributed by atoms with E-state index in [4.69, 9.17) is 4.42 Å². The fraction of sp³-hybridized carbons (Fsp3) is 0.0164. The summed E-state index contributed by atoms with van der Waals surface area (Å²) in [5.74, 6) is 0. The lowest BCUT2D eigenvalue weighted by atomic mass is 9.67. The molecule has 1 aliphatic rings. The van der Waals surface area contributed by atoms with Gasteiger partial charge in [-0.15, -0.1) is 0 Å². The van der Waals surface area contributed by atoms with Crippen LogP contribution in [0.3, 0.4) is 0 Å². The number of fused-ring (bicyclic) bond motifs is 6. The van der Waals surface area contributed by atoms with E-state index >= 15 is 0 Å². The van der Waals surface area contributed by atoms with Crippen molar-refractivity contribution in [2.75, 3.05) is 4.90 Å². The first-order valence-electron chi connectivity index (χ1n) is 21.7. The molecule has 0 fully saturated rings. The molecule has 0 saturated carbocycles. The lowest BCUT2D eigenvalue weighted by Crippen LogP contribution is -2.28. The summed E-state index contributed by atoms with van der Waals surface area (Å²) in [4.78, 5) is 2.38. The van der Waals surface area contributed by atoms with Crippen LogP contribution in [-0.4, -0.2) is 0 Å². The van der Waals surface area contributed by atoms with Crippen molar-refractivity contribution in [3.8, 4) is 44.5 Å². The number of benzene rings is 10. The second-order valence-corrected chi connectivity index (χ2v) is 16.4. The third-order valence-electron chi connectivity index (χ3n) is 12.9. The summed E-state index contributed by atoms with van der Waals surface area (Å²) in [5.41, 5.74) is 19.0. The van der Waals surface area contributed by atoms with Crippen LogP contribution in [0.25, 0.3) is 66.4 Å². The molecule has 296 valence electrons. The highest BCUT2D eigenvalue weighted by Crippen LogP contribution is 2.57. The minimum atomic E-state index is -0.573. The molecule has 63 heavy (non-hydrogen) atoms. The SMILES string of the molecule is c1ccc(-c2ccc(C3(c4ccc5oc6cccc(N(c7ccccc7)c7cccc(-c8cccc(-c9ccccc9)c8)c7)c6c5c4)c4ccccc4-c4ccccc43)cc2)cc1. The monoisotopic (exact) mass is 803 g/mol. The highest BCUT2D eigenvalue weighted by molar-refractivity contribution is 6.14. The summed E-state index contributed by atoms with van der Waals surface area (Å²) in [7, 11) is 0. The van der Waals surface area contributed by atoms with Crippen molar-refractivity contribution < 1.29 is 4.42 Å². The average Bonchev–Trinajstić information content (AvgIpc) is 3.89. The van der Waals surface area contributed by atoms with Crippen molar-refractivity contribution >= 4 is 39.0 Å². The molecule has 1 aliphatic carbocycles. The molecule has 1 heterocycles. The Morgan fingerprint density at radius 3 is 1.49 bits per heavy atom. The van der Waals surface area contributed by atoms with Gasteiger partial charge >= 0.3 is 0 Å². The maximum Gasteiger partial charge on any atom is 0.137 e. The quantitative estimate of drug-likeness (QED) is 0.152. The van der Waals surface area contributed by atoms with Crippen LogP contribution in [0.2, 0.25) is 0 Å². The van der Waals surface area contributed by atoms with Gasteiger partial charge in [0.25, 0.3) is 0 Å². The topological polar surface area (TPSA) is 16.4 Å². The number of hydrogen-bond donors (Lipinski definition) is 0. The summed E-state index contributed by atoms with van der Waals surface area (Å²) in [6, 6.07) is 90.1. The molecule has 0 aliphatic heterocycles. The lowest BCUT2D eigenvalue weighted by molar-refractivity contribution is 0.668. The molecular weight excluding hydrogens is 763 g/mol. The summed E-state index contributed by atoms with van der Waals surface area (Å²) >= 11 is 0. The van der Waals surface area contributed by atoms with Gasteiger partial charge in [0.2, 0.25) is 0 Å². The molecule has 0 N–H and O–H groups in total. The van der Waals surface area contributed by atoms with Gasteiger partial charge in [-0.1, -0.05) is 194 Å². The van der Waals surface area contributed by atoms with Gasteiger partial charge in [-0.05, 0) is 121 Å². The fourth-order valence-electron chi connectivity index (χ4n) is 10.1. The summed E-state index contributed by atoms with van der Waals surface area (Å²) in [6.07, 6.45) is 0. The summed E-state index contributed by atoms with van der Waals surface area (Å²) in [5, 5.41) is 2.15. The van der Waals surface area contributed by atoms with Gasteiger partial charge in [0, 0.05) is 16.8 Å². The van der Waals surface area contributed by atoms with E-state index in [1.807, 2.05) is 0 Å². The maximum absolute atomic E-state index is 6.80. The number of para-hydroxylation sites is 1. The fourth-order valence-corrected chi connectivity index (χ4v) is 10.1. The standard InChI is InChI=1S/C61H41NO/c1-4-17-42(18-5-1)44-33-35-48(36-34-44)61(55-29-12-10-27-52(55)53-28-11-13-30-56(53)61)49-37-38-58-54(41-49)60-57(31-16-32-59(60)63-58)62(50-24-8-3-9-25-50)51-26-15-23-47(40-51)46-22-14-21-45(39-46)43-19-6-2-7-20-43/h1-41H. The Hall–Kier alpha value is -8.20. The first kappa shape index (κ1) is 36.6. The first-order valence-corrected chi connectivity index (χ1v) is 21.7. The molecule has 2 nitrogen and oxygen atoms in total. The van der Waals surface area contributed by atoms with E-state index in [-0.39, 0.29) is 0 Å². The maximum atomic E-state index is 6.80. The molecule has 11 aromatic rings. The second-order valence-electron chi connectivity index (χ2n) is 16.4. The van der Waals surface area contributed by atoms with Gasteiger partial charge in [0.15, 0.2) is 0 Å². The lowest BCUT2D eigenvalue weighted by Gasteiger charge is -2.34. The summed E-state index contributed by atoms with van der Waals surface area (Å²) in [6.45, 7) is 0. The van der Waals surface area contributed by atoms with E-state index in [9.17, 15) is 0 Å². The highest BCUT2D eigenvalue weighted by atomic mass is 16.3. The van der Waals surface area contributed by atoms with Crippen LogP contribution in [0.5, 0.6) is 0 Å². The molecule has 0 atom stereocenters. The van der Waals surface area contributed by atoms with Crippen LogP contribution in [0, 0.1) is 0 Å². The Morgan fingerprint density at radius 2 is 0.810 bits per heavy atom. The first-order chi connectivity index (χ1) is 31.2. The Labute approximate surface area is 367 Å². The molecule has 0 amide bonds. The Morgan fingerprint density at radius 1 is 0.317 bits per heavy atom. The number of furan rings is 1. The van der Waals surface area contributed by atoms with E-state index in [1.54, 1.807) is 0 Å². The van der Waals surface area contributed by atoms with Gasteiger partial charge < -0.3 is 9.32 Å². The Kier molecular flexibility index (Phi) is 8.76. The van der Waals surface area contributed by atoms with E-state index < -0.39 is 5.41 Å². The van der Waals surface area contributed by atoms with Crippen molar-refractivity contribution in [1.82, 2.24) is 0 Å². The van der Waals surface area contributed by atoms with Gasteiger partial charge in [0.05, 0.1) is 16.5 Å². The number of hydrogen-bond acceptors (Lipinski definition) is 2. The number of rotatable bonds is 8. The van der Waals surface area contributed by atoms with Crippen LogP contribution in [-0.2, 0) is 5.41 Å². The smallest absolute Gasteiger partial charge is 0.137 e. The highest BCUT2D eigenvalue weighted by Gasteiger charge is 2.46. The predicted octanol–water partition coefficient (Wildman–Crippen LogP) is 16.4. The van der Waals surface area contributed by atoms with Crippen LogP contribution in [0.1, 0.15) is 22.3 Å². The molecule has 0 saturated heterocycles. The van der Waals surface area contributed by atoms with Crippen molar-refractivity contribution in [1.29, 1.82) is 0 Å². The summed E-state index contributed by atoms with van der Waals surface area (Å²) < 4.78 is 6.80. The van der Waals surface area contributed by atoms with E-state index in [0.29, 0.717) is 0 Å². The van der Waals surface area contributed by atoms with E-state index in [1.165, 1.54) is 61.2 Å². The van der Waals surface area contributed by atoms with Gasteiger partial charge in [-0.2, -0.15) is 0 Å². The Balaban J connectivity index is 1.07. The van der Waals surface area contributed by atoms with Crippen LogP contribution >= 0.6 is 0 Å². The van der Waals surface area contributed by atoms with E-state index in [2.05, 4.69) is 254 Å². The molecule has 2 heteroatoms. The Bertz CT molecular complexity index is 3400.